The van der Waals surface area contributed by atoms with Crippen LogP contribution in [0.15, 0.2) is 103 Å². The highest BCUT2D eigenvalue weighted by Gasteiger charge is 2.45. The SMILES string of the molecule is CC[C@H](C)[C@@H]([C@@H](CC(=O)N1CCC[C@H]1[C@H](OC)[C@@H](C)C(=O)N[C@H](C)[C@@H](O)c1ccccc1)OC)N(C)C(=O)[C@@H](NC(=O)[C@H](C(C)C)N(C)C(=O)OCc1ccc(NC(=O)[C@H](CCCNC(N)=O)NC(=O)[C@@H](NC(=O)[C@H](CCC(=O)O)NC(=O)COCCOCCOCCNC(=O)CCC(=O)N2Cc3ccccc3C#Cc3ccccc32)C(C)C)cc1)C(C)C. The summed E-state index contributed by atoms with van der Waals surface area (Å²) in [7, 11) is 6.01. The van der Waals surface area contributed by atoms with Crippen LogP contribution < -0.4 is 53.2 Å². The summed E-state index contributed by atoms with van der Waals surface area (Å²) in [6.45, 7) is 18.2. The molecule has 0 unspecified atom stereocenters. The standard InChI is InChI=1S/C90H129N13O21/c1-15-58(8)80(71(119-13)51-75(107)102-45-24-32-70(102)82(120-14)59(9)83(111)94-60(10)81(110)64-27-17-16-18-28-64)100(11)88(116)78(56(4)5)99-87(115)79(57(6)7)101(12)90(118)124-53-61-33-37-66(38-34-61)95-84(112)67(30-23-43-93-89(91)117)97-86(114)77(55(2)3)98-85(113)68(39-42-76(108)109)96-73(105)54-123-50-49-122-48-47-121-46-44-92-72(104)40-41-74(106)103-52-65-29-20-19-25-62(65)35-36-63-26-21-22-31-69(63)103/h16-22,25-29,31,33-34,37-38,55-60,67-68,70-71,77-82,110H,15,23-24,30,32,39-54H2,1-14H3,(H,92,104)(H,94,111)(H,95,112)(H,96,105)(H,97,114)(H,98,113)(H,99,115)(H,108,109)(H3,91,93,117)/t58-,59+,60+,67-,68-,70-,71+,77-,78-,79-,80-,81+,82+/m0/s1. The molecule has 13 amide bonds. The summed E-state index contributed by atoms with van der Waals surface area (Å²) in [5.41, 5.74) is 9.79. The van der Waals surface area contributed by atoms with Gasteiger partial charge in [-0.1, -0.05) is 153 Å². The number of carboxylic acids is 1. The maximum Gasteiger partial charge on any atom is 0.410 e. The number of hydrogen-bond acceptors (Lipinski definition) is 20. The first-order chi connectivity index (χ1) is 59.1. The summed E-state index contributed by atoms with van der Waals surface area (Å²) >= 11 is 0. The second-order valence-electron chi connectivity index (χ2n) is 32.3. The van der Waals surface area contributed by atoms with E-state index in [0.29, 0.717) is 54.7 Å². The van der Waals surface area contributed by atoms with Gasteiger partial charge in [-0.25, -0.2) is 9.59 Å². The highest BCUT2D eigenvalue weighted by atomic mass is 16.6. The number of amides is 13. The Morgan fingerprint density at radius 2 is 1.22 bits per heavy atom. The Bertz CT molecular complexity index is 4260. The molecule has 1 fully saturated rings. The van der Waals surface area contributed by atoms with Crippen LogP contribution in [0.25, 0.3) is 0 Å². The zero-order chi connectivity index (χ0) is 91.3. The van der Waals surface area contributed by atoms with E-state index in [-0.39, 0.29) is 126 Å². The number of aliphatic carboxylic acids is 1. The number of benzene rings is 4. The summed E-state index contributed by atoms with van der Waals surface area (Å²) in [4.78, 5) is 183. The van der Waals surface area contributed by atoms with Crippen LogP contribution in [0.2, 0.25) is 0 Å². The van der Waals surface area contributed by atoms with Gasteiger partial charge in [-0.15, -0.1) is 0 Å². The molecule has 6 rings (SSSR count). The molecule has 4 aromatic rings. The van der Waals surface area contributed by atoms with E-state index in [0.717, 1.165) is 16.0 Å². The molecule has 4 aromatic carbocycles. The van der Waals surface area contributed by atoms with Crippen molar-refractivity contribution in [3.63, 3.8) is 0 Å². The van der Waals surface area contributed by atoms with Crippen molar-refractivity contribution in [2.24, 2.45) is 35.3 Å². The molecule has 13 atom stereocenters. The predicted molar refractivity (Wildman–Crippen MR) is 463 cm³/mol. The third kappa shape index (κ3) is 31.6. The van der Waals surface area contributed by atoms with Crippen molar-refractivity contribution in [3.8, 4) is 11.8 Å². The molecule has 0 bridgehead atoms. The lowest BCUT2D eigenvalue weighted by Crippen LogP contribution is -2.60. The highest BCUT2D eigenvalue weighted by Crippen LogP contribution is 2.32. The number of fused-ring (bicyclic) bond motifs is 2. The molecule has 12 N–H and O–H groups in total. The van der Waals surface area contributed by atoms with E-state index >= 15 is 0 Å². The van der Waals surface area contributed by atoms with Crippen molar-refractivity contribution in [1.82, 2.24) is 51.9 Å². The number of anilines is 2. The normalized spacial score (nSPS) is 15.8. The second kappa shape index (κ2) is 51.9. The van der Waals surface area contributed by atoms with Gasteiger partial charge in [-0.3, -0.25) is 57.6 Å². The van der Waals surface area contributed by atoms with Gasteiger partial charge in [0.1, 0.15) is 43.4 Å². The number of urea groups is 1. The monoisotopic (exact) mass is 1730 g/mol. The average Bonchev–Trinajstić information content (AvgIpc) is 1.13. The third-order valence-corrected chi connectivity index (χ3v) is 22.1. The number of likely N-dealkylation sites (tertiary alicyclic amines) is 1. The number of likely N-dealkylation sites (N-methyl/N-ethyl adjacent to an activating group) is 2. The van der Waals surface area contributed by atoms with Crippen molar-refractivity contribution < 1.29 is 101 Å². The number of nitrogens with one attached hydrogen (secondary N) is 8. The van der Waals surface area contributed by atoms with E-state index < -0.39 is 157 Å². The van der Waals surface area contributed by atoms with E-state index in [1.807, 2.05) is 80.6 Å². The van der Waals surface area contributed by atoms with Crippen molar-refractivity contribution in [3.05, 3.63) is 131 Å². The van der Waals surface area contributed by atoms with Gasteiger partial charge in [0.15, 0.2) is 0 Å². The average molecular weight is 1730 g/mol. The number of primary amides is 1. The molecule has 0 aliphatic carbocycles. The van der Waals surface area contributed by atoms with Gasteiger partial charge in [0.25, 0.3) is 0 Å². The molecule has 0 aromatic heterocycles. The Labute approximate surface area is 727 Å². The summed E-state index contributed by atoms with van der Waals surface area (Å²) in [5, 5.41) is 42.1. The van der Waals surface area contributed by atoms with Crippen LogP contribution in [-0.4, -0.2) is 250 Å². The van der Waals surface area contributed by atoms with Crippen LogP contribution in [0.4, 0.5) is 21.0 Å². The number of para-hydroxylation sites is 1. The fraction of sp³-hybridized carbons (Fsp3) is 0.567. The molecule has 34 nitrogen and oxygen atoms in total. The largest absolute Gasteiger partial charge is 0.481 e. The number of nitrogens with zero attached hydrogens (tertiary/aromatic N) is 4. The van der Waals surface area contributed by atoms with Gasteiger partial charge in [0.2, 0.25) is 59.1 Å². The molecule has 680 valence electrons. The molecule has 1 saturated heterocycles. The summed E-state index contributed by atoms with van der Waals surface area (Å²) in [6.07, 6.45) is -2.47. The van der Waals surface area contributed by atoms with Crippen LogP contribution in [-0.2, 0) is 94.3 Å². The lowest BCUT2D eigenvalue weighted by atomic mass is 9.89. The first kappa shape index (κ1) is 102. The number of rotatable bonds is 51. The maximum absolute atomic E-state index is 14.9. The number of aliphatic hydroxyl groups is 1. The lowest BCUT2D eigenvalue weighted by molar-refractivity contribution is -0.148. The number of aliphatic hydroxyl groups excluding tert-OH is 1. The van der Waals surface area contributed by atoms with E-state index in [4.69, 9.17) is 34.2 Å². The minimum Gasteiger partial charge on any atom is -0.481 e. The van der Waals surface area contributed by atoms with Crippen LogP contribution in [0.3, 0.4) is 0 Å². The highest BCUT2D eigenvalue weighted by molar-refractivity contribution is 6.00. The van der Waals surface area contributed by atoms with Gasteiger partial charge in [0.05, 0.1) is 94.0 Å². The van der Waals surface area contributed by atoms with Crippen LogP contribution >= 0.6 is 0 Å². The number of ether oxygens (including phenoxy) is 6. The molecule has 0 spiro atoms. The summed E-state index contributed by atoms with van der Waals surface area (Å²) < 4.78 is 34.4. The first-order valence-corrected chi connectivity index (χ1v) is 42.5. The minimum atomic E-state index is -1.45. The van der Waals surface area contributed by atoms with E-state index in [2.05, 4.69) is 54.4 Å². The number of carbonyl (C=O) groups excluding carboxylic acids is 12. The zero-order valence-electron chi connectivity index (χ0n) is 73.9. The topological polar surface area (TPSA) is 453 Å². The van der Waals surface area contributed by atoms with E-state index in [9.17, 15) is 72.5 Å². The molecule has 0 radical (unpaired) electrons. The van der Waals surface area contributed by atoms with Gasteiger partial charge in [-0.05, 0) is 110 Å². The van der Waals surface area contributed by atoms with Crippen LogP contribution in [0.1, 0.15) is 167 Å². The van der Waals surface area contributed by atoms with Crippen LogP contribution in [0, 0.1) is 41.4 Å². The molecule has 2 aliphatic heterocycles. The fourth-order valence-electron chi connectivity index (χ4n) is 15.0. The van der Waals surface area contributed by atoms with Gasteiger partial charge in [0, 0.05) is 84.0 Å². The zero-order valence-corrected chi connectivity index (χ0v) is 73.9. The van der Waals surface area contributed by atoms with E-state index in [1.54, 1.807) is 96.5 Å². The predicted octanol–water partition coefficient (Wildman–Crippen LogP) is 5.83. The summed E-state index contributed by atoms with van der Waals surface area (Å²) in [6, 6.07) is 21.3. The Hall–Kier alpha value is -11.1. The number of nitrogens with two attached hydrogens (primary N) is 1. The molecule has 124 heavy (non-hydrogen) atoms. The molecule has 2 heterocycles. The second-order valence-corrected chi connectivity index (χ2v) is 32.3. The molecular formula is C90H129N13O21. The smallest absolute Gasteiger partial charge is 0.410 e. The molecule has 0 saturated carbocycles. The van der Waals surface area contributed by atoms with Crippen molar-refractivity contribution in [1.29, 1.82) is 0 Å². The van der Waals surface area contributed by atoms with Gasteiger partial charge < -0.3 is 102 Å². The number of carbonyl (C=O) groups is 13. The fourth-order valence-corrected chi connectivity index (χ4v) is 15.0. The van der Waals surface area contributed by atoms with Crippen molar-refractivity contribution in [2.45, 2.75) is 213 Å². The van der Waals surface area contributed by atoms with Crippen molar-refractivity contribution >= 4 is 88.5 Å². The quantitative estimate of drug-likeness (QED) is 0.0183. The number of hydrogen-bond donors (Lipinski definition) is 11. The van der Waals surface area contributed by atoms with Crippen LogP contribution in [0.5, 0.6) is 0 Å². The molecular weight excluding hydrogens is 1600 g/mol. The Morgan fingerprint density at radius 3 is 1.85 bits per heavy atom. The van der Waals surface area contributed by atoms with Crippen molar-refractivity contribution in [2.75, 3.05) is 97.8 Å². The Balaban J connectivity index is 0.959. The number of methoxy groups -OCH3 is 2. The van der Waals surface area contributed by atoms with Gasteiger partial charge in [-0.2, -0.15) is 0 Å². The molecule has 34 heteroatoms. The van der Waals surface area contributed by atoms with Gasteiger partial charge >= 0.3 is 18.1 Å². The summed E-state index contributed by atoms with van der Waals surface area (Å²) in [5.74, 6) is -2.80. The lowest BCUT2D eigenvalue weighted by Gasteiger charge is -2.41. The van der Waals surface area contributed by atoms with E-state index in [1.165, 1.54) is 38.3 Å². The number of carboxylic acid groups (broad SMARTS) is 1. The maximum atomic E-state index is 14.9. The Kier molecular flexibility index (Phi) is 42.5. The third-order valence-electron chi connectivity index (χ3n) is 22.1. The first-order valence-electron chi connectivity index (χ1n) is 42.5. The Morgan fingerprint density at radius 1 is 0.597 bits per heavy atom. The molecule has 2 aliphatic rings. The minimum absolute atomic E-state index is 0.0192.